The highest BCUT2D eigenvalue weighted by molar-refractivity contribution is 5.08. The molecule has 0 saturated heterocycles. The lowest BCUT2D eigenvalue weighted by Gasteiger charge is -2.15. The van der Waals surface area contributed by atoms with Crippen LogP contribution in [0.4, 0.5) is 0 Å². The molecule has 1 rings (SSSR count). The van der Waals surface area contributed by atoms with Crippen molar-refractivity contribution in [1.29, 1.82) is 0 Å². The Morgan fingerprint density at radius 2 is 2.22 bits per heavy atom. The monoisotopic (exact) mass is 124 g/mol. The van der Waals surface area contributed by atoms with Crippen LogP contribution in [0.2, 0.25) is 0 Å². The summed E-state index contributed by atoms with van der Waals surface area (Å²) in [6, 6.07) is 0. The molecule has 9 heavy (non-hydrogen) atoms. The fraction of sp³-hybridized carbons (Fsp3) is 0.778. The van der Waals surface area contributed by atoms with E-state index in [2.05, 4.69) is 13.0 Å². The molecular weight excluding hydrogens is 108 g/mol. The Morgan fingerprint density at radius 1 is 1.44 bits per heavy atom. The number of unbranched alkanes of at least 4 members (excludes halogenated alkanes) is 2. The lowest BCUT2D eigenvalue weighted by molar-refractivity contribution is 0.651. The van der Waals surface area contributed by atoms with E-state index in [1.165, 1.54) is 38.5 Å². The first-order chi connectivity index (χ1) is 4.43. The maximum absolute atomic E-state index is 2.44. The molecule has 0 unspecified atom stereocenters. The van der Waals surface area contributed by atoms with Gasteiger partial charge in [0.05, 0.1) is 0 Å². The van der Waals surface area contributed by atoms with Crippen molar-refractivity contribution >= 4 is 0 Å². The van der Waals surface area contributed by atoms with Crippen LogP contribution in [-0.2, 0) is 0 Å². The molecule has 0 aromatic heterocycles. The van der Waals surface area contributed by atoms with Crippen LogP contribution >= 0.6 is 0 Å². The van der Waals surface area contributed by atoms with Gasteiger partial charge in [0.2, 0.25) is 0 Å². The fourth-order valence-electron chi connectivity index (χ4n) is 1.10. The Kier molecular flexibility index (Phi) is 2.82. The van der Waals surface area contributed by atoms with Crippen LogP contribution in [0, 0.1) is 0 Å². The van der Waals surface area contributed by atoms with Crippen LogP contribution in [0.25, 0.3) is 0 Å². The third kappa shape index (κ3) is 2.21. The van der Waals surface area contributed by atoms with Gasteiger partial charge in [-0.05, 0) is 25.7 Å². The largest absolute Gasteiger partial charge is 0.0853 e. The van der Waals surface area contributed by atoms with Gasteiger partial charge in [0.25, 0.3) is 0 Å². The smallest absolute Gasteiger partial charge is 0.0317 e. The highest BCUT2D eigenvalue weighted by Gasteiger charge is 2.05. The van der Waals surface area contributed by atoms with E-state index < -0.39 is 0 Å². The van der Waals surface area contributed by atoms with E-state index in [4.69, 9.17) is 0 Å². The Morgan fingerprint density at radius 3 is 2.67 bits per heavy atom. The fourth-order valence-corrected chi connectivity index (χ4v) is 1.10. The summed E-state index contributed by atoms with van der Waals surface area (Å²) in [4.78, 5) is 0. The van der Waals surface area contributed by atoms with Crippen molar-refractivity contribution < 1.29 is 0 Å². The lowest BCUT2D eigenvalue weighted by atomic mass is 9.91. The molecule has 0 aliphatic heterocycles. The summed E-state index contributed by atoms with van der Waals surface area (Å²) in [5, 5.41) is 0. The highest BCUT2D eigenvalue weighted by atomic mass is 14.1. The molecule has 1 fully saturated rings. The Labute approximate surface area is 58.0 Å². The number of hydrogen-bond donors (Lipinski definition) is 0. The molecule has 0 radical (unpaired) electrons. The van der Waals surface area contributed by atoms with Crippen LogP contribution in [0.3, 0.4) is 0 Å². The van der Waals surface area contributed by atoms with Crippen molar-refractivity contribution in [1.82, 2.24) is 0 Å². The molecule has 0 aromatic rings. The molecule has 1 saturated carbocycles. The van der Waals surface area contributed by atoms with E-state index in [-0.39, 0.29) is 0 Å². The summed E-state index contributed by atoms with van der Waals surface area (Å²) in [7, 11) is 0. The minimum Gasteiger partial charge on any atom is -0.0853 e. The molecule has 0 atom stereocenters. The van der Waals surface area contributed by atoms with Crippen molar-refractivity contribution in [2.24, 2.45) is 0 Å². The van der Waals surface area contributed by atoms with Gasteiger partial charge < -0.3 is 0 Å². The predicted molar refractivity (Wildman–Crippen MR) is 41.5 cm³/mol. The van der Waals surface area contributed by atoms with E-state index in [1.807, 2.05) is 0 Å². The molecule has 0 heteroatoms. The van der Waals surface area contributed by atoms with E-state index in [9.17, 15) is 0 Å². The van der Waals surface area contributed by atoms with Gasteiger partial charge in [-0.2, -0.15) is 0 Å². The van der Waals surface area contributed by atoms with Crippen molar-refractivity contribution in [3.8, 4) is 0 Å². The molecule has 52 valence electrons. The second-order valence-corrected chi connectivity index (χ2v) is 2.86. The third-order valence-corrected chi connectivity index (χ3v) is 1.99. The van der Waals surface area contributed by atoms with Gasteiger partial charge in [0, 0.05) is 0 Å². The molecule has 0 aromatic carbocycles. The minimum absolute atomic E-state index is 1.33. The summed E-state index contributed by atoms with van der Waals surface area (Å²) >= 11 is 0. The van der Waals surface area contributed by atoms with Gasteiger partial charge in [-0.3, -0.25) is 0 Å². The van der Waals surface area contributed by atoms with E-state index in [0.29, 0.717) is 0 Å². The number of rotatable bonds is 3. The summed E-state index contributed by atoms with van der Waals surface area (Å²) < 4.78 is 0. The Bertz CT molecular complexity index is 94.6. The summed E-state index contributed by atoms with van der Waals surface area (Å²) in [5.41, 5.74) is 1.71. The summed E-state index contributed by atoms with van der Waals surface area (Å²) in [5.74, 6) is 0. The second kappa shape index (κ2) is 3.71. The molecule has 0 N–H and O–H groups in total. The van der Waals surface area contributed by atoms with Crippen LogP contribution in [0.1, 0.15) is 45.4 Å². The van der Waals surface area contributed by atoms with Crippen molar-refractivity contribution in [3.05, 3.63) is 11.6 Å². The van der Waals surface area contributed by atoms with Crippen LogP contribution in [-0.4, -0.2) is 0 Å². The average Bonchev–Trinajstić information content (AvgIpc) is 1.76. The summed E-state index contributed by atoms with van der Waals surface area (Å²) in [6.45, 7) is 2.25. The molecular formula is C9H16. The first kappa shape index (κ1) is 6.85. The van der Waals surface area contributed by atoms with Gasteiger partial charge >= 0.3 is 0 Å². The molecule has 1 aliphatic rings. The first-order valence-corrected chi connectivity index (χ1v) is 4.11. The number of hydrogen-bond acceptors (Lipinski definition) is 0. The normalized spacial score (nSPS) is 17.2. The topological polar surface area (TPSA) is 0 Å². The molecule has 0 amide bonds. The minimum atomic E-state index is 1.33. The molecule has 0 bridgehead atoms. The van der Waals surface area contributed by atoms with E-state index >= 15 is 0 Å². The molecule has 1 aliphatic carbocycles. The SMILES string of the molecule is CCCCC=C1CCC1. The Balaban J connectivity index is 2.01. The maximum Gasteiger partial charge on any atom is -0.0317 e. The van der Waals surface area contributed by atoms with Gasteiger partial charge in [-0.25, -0.2) is 0 Å². The zero-order chi connectivity index (χ0) is 6.53. The predicted octanol–water partition coefficient (Wildman–Crippen LogP) is 3.29. The first-order valence-electron chi connectivity index (χ1n) is 4.11. The number of allylic oxidation sites excluding steroid dienone is 2. The maximum atomic E-state index is 2.44. The summed E-state index contributed by atoms with van der Waals surface area (Å²) in [6.07, 6.45) is 10.7. The van der Waals surface area contributed by atoms with Crippen LogP contribution < -0.4 is 0 Å². The van der Waals surface area contributed by atoms with E-state index in [0.717, 1.165) is 0 Å². The van der Waals surface area contributed by atoms with Gasteiger partial charge in [0.1, 0.15) is 0 Å². The zero-order valence-corrected chi connectivity index (χ0v) is 6.32. The standard InChI is InChI=1S/C9H16/c1-2-3-4-6-9-7-5-8-9/h6H,2-5,7-8H2,1H3. The average molecular weight is 124 g/mol. The van der Waals surface area contributed by atoms with Crippen molar-refractivity contribution in [2.45, 2.75) is 45.4 Å². The van der Waals surface area contributed by atoms with Crippen molar-refractivity contribution in [3.63, 3.8) is 0 Å². The third-order valence-electron chi connectivity index (χ3n) is 1.99. The quantitative estimate of drug-likeness (QED) is 0.400. The highest BCUT2D eigenvalue weighted by Crippen LogP contribution is 2.25. The van der Waals surface area contributed by atoms with Gasteiger partial charge in [0.15, 0.2) is 0 Å². The lowest BCUT2D eigenvalue weighted by Crippen LogP contribution is -1.95. The van der Waals surface area contributed by atoms with Gasteiger partial charge in [-0.1, -0.05) is 31.4 Å². The van der Waals surface area contributed by atoms with Crippen LogP contribution in [0.15, 0.2) is 11.6 Å². The van der Waals surface area contributed by atoms with Gasteiger partial charge in [-0.15, -0.1) is 0 Å². The van der Waals surface area contributed by atoms with Crippen molar-refractivity contribution in [2.75, 3.05) is 0 Å². The molecule has 0 nitrogen and oxygen atoms in total. The Hall–Kier alpha value is -0.260. The zero-order valence-electron chi connectivity index (χ0n) is 6.32. The molecule has 0 heterocycles. The molecule has 0 spiro atoms. The van der Waals surface area contributed by atoms with Crippen LogP contribution in [0.5, 0.6) is 0 Å². The second-order valence-electron chi connectivity index (χ2n) is 2.86. The van der Waals surface area contributed by atoms with E-state index in [1.54, 1.807) is 5.57 Å².